The van der Waals surface area contributed by atoms with Gasteiger partial charge in [0.2, 0.25) is 0 Å². The summed E-state index contributed by atoms with van der Waals surface area (Å²) in [5.74, 6) is -1.09. The molecule has 1 aromatic rings. The number of carboxylic acids is 1. The molecule has 3 nitrogen and oxygen atoms in total. The number of rotatable bonds is 1. The molecule has 0 heterocycles. The summed E-state index contributed by atoms with van der Waals surface area (Å²) in [6, 6.07) is 2.56. The normalized spacial score (nSPS) is 9.83. The van der Waals surface area contributed by atoms with Crippen molar-refractivity contribution in [2.45, 2.75) is 6.92 Å². The number of aromatic hydroxyl groups is 1. The Balaban J connectivity index is 3.33. The Bertz CT molecular complexity index is 333. The van der Waals surface area contributed by atoms with Crippen LogP contribution in [0.5, 0.6) is 5.75 Å². The van der Waals surface area contributed by atoms with E-state index in [2.05, 4.69) is 0 Å². The van der Waals surface area contributed by atoms with Gasteiger partial charge < -0.3 is 10.2 Å². The molecule has 0 aliphatic heterocycles. The number of carbonyl (C=O) groups is 1. The molecule has 0 aromatic heterocycles. The molecular formula is C8H7ClO3. The molecule has 1 aromatic carbocycles. The molecular weight excluding hydrogens is 180 g/mol. The van der Waals surface area contributed by atoms with E-state index in [1.54, 1.807) is 6.92 Å². The lowest BCUT2D eigenvalue weighted by atomic mass is 10.1. The van der Waals surface area contributed by atoms with E-state index < -0.39 is 5.97 Å². The van der Waals surface area contributed by atoms with Gasteiger partial charge in [0.25, 0.3) is 0 Å². The highest BCUT2D eigenvalue weighted by Gasteiger charge is 2.10. The maximum Gasteiger partial charge on any atom is 0.337 e. The van der Waals surface area contributed by atoms with Gasteiger partial charge >= 0.3 is 5.97 Å². The summed E-state index contributed by atoms with van der Waals surface area (Å²) in [5, 5.41) is 17.8. The fourth-order valence-electron chi connectivity index (χ4n) is 0.835. The Labute approximate surface area is 74.2 Å². The summed E-state index contributed by atoms with van der Waals surface area (Å²) in [5.41, 5.74) is 0.503. The second-order valence-corrected chi connectivity index (χ2v) is 2.83. The molecule has 4 heteroatoms. The van der Waals surface area contributed by atoms with Crippen LogP contribution in [0.1, 0.15) is 15.9 Å². The first-order chi connectivity index (χ1) is 5.52. The summed E-state index contributed by atoms with van der Waals surface area (Å²) in [4.78, 5) is 10.5. The Morgan fingerprint density at radius 2 is 2.08 bits per heavy atom. The van der Waals surface area contributed by atoms with Crippen LogP contribution in [-0.2, 0) is 0 Å². The molecule has 0 aliphatic rings. The number of aryl methyl sites for hydroxylation is 1. The van der Waals surface area contributed by atoms with E-state index in [1.165, 1.54) is 12.1 Å². The predicted octanol–water partition coefficient (Wildman–Crippen LogP) is 2.05. The van der Waals surface area contributed by atoms with Crippen LogP contribution in [0.4, 0.5) is 0 Å². The summed E-state index contributed by atoms with van der Waals surface area (Å²) in [6.45, 7) is 1.61. The van der Waals surface area contributed by atoms with Gasteiger partial charge in [0.05, 0.1) is 10.6 Å². The number of benzene rings is 1. The lowest BCUT2D eigenvalue weighted by molar-refractivity contribution is 0.0697. The molecule has 1 rings (SSSR count). The Morgan fingerprint density at radius 1 is 1.50 bits per heavy atom. The predicted molar refractivity (Wildman–Crippen MR) is 44.8 cm³/mol. The monoisotopic (exact) mass is 186 g/mol. The fraction of sp³-hybridized carbons (Fsp3) is 0.125. The van der Waals surface area contributed by atoms with E-state index in [0.29, 0.717) is 5.56 Å². The molecule has 0 spiro atoms. The smallest absolute Gasteiger partial charge is 0.337 e. The average molecular weight is 187 g/mol. The Morgan fingerprint density at radius 3 is 2.58 bits per heavy atom. The summed E-state index contributed by atoms with van der Waals surface area (Å²) < 4.78 is 0. The van der Waals surface area contributed by atoms with E-state index >= 15 is 0 Å². The van der Waals surface area contributed by atoms with E-state index in [0.717, 1.165) is 0 Å². The Kier molecular flexibility index (Phi) is 2.24. The lowest BCUT2D eigenvalue weighted by Crippen LogP contribution is -1.97. The minimum Gasteiger partial charge on any atom is -0.508 e. The first-order valence-corrected chi connectivity index (χ1v) is 3.62. The van der Waals surface area contributed by atoms with Crippen LogP contribution < -0.4 is 0 Å². The van der Waals surface area contributed by atoms with Crippen LogP contribution in [0, 0.1) is 6.92 Å². The summed E-state index contributed by atoms with van der Waals surface area (Å²) >= 11 is 5.56. The molecule has 0 amide bonds. The van der Waals surface area contributed by atoms with Crippen molar-refractivity contribution >= 4 is 17.6 Å². The summed E-state index contributed by atoms with van der Waals surface area (Å²) in [6.07, 6.45) is 0. The standard InChI is InChI=1S/C8H7ClO3/c1-4-2-5(8(11)12)6(9)3-7(4)10/h2-3,10H,1H3,(H,11,12). The zero-order chi connectivity index (χ0) is 9.30. The SMILES string of the molecule is Cc1cc(C(=O)O)c(Cl)cc1O. The molecule has 0 saturated heterocycles. The topological polar surface area (TPSA) is 57.5 Å². The first-order valence-electron chi connectivity index (χ1n) is 3.25. The second kappa shape index (κ2) is 3.03. The molecule has 0 bridgehead atoms. The van der Waals surface area contributed by atoms with Gasteiger partial charge in [-0.1, -0.05) is 11.6 Å². The van der Waals surface area contributed by atoms with E-state index in [-0.39, 0.29) is 16.3 Å². The maximum atomic E-state index is 10.5. The number of hydrogen-bond donors (Lipinski definition) is 2. The molecule has 2 N–H and O–H groups in total. The van der Waals surface area contributed by atoms with Crippen LogP contribution in [0.2, 0.25) is 5.02 Å². The van der Waals surface area contributed by atoms with Gasteiger partial charge in [0.15, 0.2) is 0 Å². The summed E-state index contributed by atoms with van der Waals surface area (Å²) in [7, 11) is 0. The number of phenolic OH excluding ortho intramolecular Hbond substituents is 1. The molecule has 0 radical (unpaired) electrons. The maximum absolute atomic E-state index is 10.5. The van der Waals surface area contributed by atoms with Gasteiger partial charge in [-0.05, 0) is 24.6 Å². The van der Waals surface area contributed by atoms with Crippen molar-refractivity contribution in [2.24, 2.45) is 0 Å². The van der Waals surface area contributed by atoms with Gasteiger partial charge in [-0.15, -0.1) is 0 Å². The number of halogens is 1. The van der Waals surface area contributed by atoms with Crippen molar-refractivity contribution < 1.29 is 15.0 Å². The van der Waals surface area contributed by atoms with Crippen molar-refractivity contribution in [3.63, 3.8) is 0 Å². The van der Waals surface area contributed by atoms with Crippen molar-refractivity contribution in [1.82, 2.24) is 0 Å². The molecule has 64 valence electrons. The molecule has 0 atom stereocenters. The highest BCUT2D eigenvalue weighted by atomic mass is 35.5. The molecule has 0 fully saturated rings. The molecule has 0 aliphatic carbocycles. The highest BCUT2D eigenvalue weighted by molar-refractivity contribution is 6.33. The van der Waals surface area contributed by atoms with Crippen molar-refractivity contribution in [3.8, 4) is 5.75 Å². The van der Waals surface area contributed by atoms with Crippen molar-refractivity contribution in [3.05, 3.63) is 28.3 Å². The molecule has 12 heavy (non-hydrogen) atoms. The number of phenols is 1. The van der Waals surface area contributed by atoms with Crippen LogP contribution in [0.25, 0.3) is 0 Å². The second-order valence-electron chi connectivity index (χ2n) is 2.42. The van der Waals surface area contributed by atoms with Gasteiger partial charge in [-0.25, -0.2) is 4.79 Å². The largest absolute Gasteiger partial charge is 0.508 e. The Hall–Kier alpha value is -1.22. The lowest BCUT2D eigenvalue weighted by Gasteiger charge is -2.02. The van der Waals surface area contributed by atoms with Gasteiger partial charge in [0.1, 0.15) is 5.75 Å². The van der Waals surface area contributed by atoms with E-state index in [4.69, 9.17) is 21.8 Å². The van der Waals surface area contributed by atoms with Crippen molar-refractivity contribution in [1.29, 1.82) is 0 Å². The minimum atomic E-state index is -1.09. The van der Waals surface area contributed by atoms with Crippen LogP contribution in [-0.4, -0.2) is 16.2 Å². The third-order valence-electron chi connectivity index (χ3n) is 1.52. The quantitative estimate of drug-likeness (QED) is 0.706. The van der Waals surface area contributed by atoms with E-state index in [1.807, 2.05) is 0 Å². The fourth-order valence-corrected chi connectivity index (χ4v) is 1.07. The molecule has 0 unspecified atom stereocenters. The van der Waals surface area contributed by atoms with Crippen LogP contribution >= 0.6 is 11.6 Å². The number of carboxylic acid groups (broad SMARTS) is 1. The zero-order valence-electron chi connectivity index (χ0n) is 6.34. The van der Waals surface area contributed by atoms with Crippen LogP contribution in [0.3, 0.4) is 0 Å². The first kappa shape index (κ1) is 8.87. The molecule has 0 saturated carbocycles. The third-order valence-corrected chi connectivity index (χ3v) is 1.83. The number of hydrogen-bond acceptors (Lipinski definition) is 2. The van der Waals surface area contributed by atoms with E-state index in [9.17, 15) is 4.79 Å². The minimum absolute atomic E-state index is 0.00463. The van der Waals surface area contributed by atoms with Gasteiger partial charge in [-0.3, -0.25) is 0 Å². The van der Waals surface area contributed by atoms with Gasteiger partial charge in [0, 0.05) is 0 Å². The highest BCUT2D eigenvalue weighted by Crippen LogP contribution is 2.25. The van der Waals surface area contributed by atoms with Crippen molar-refractivity contribution in [2.75, 3.05) is 0 Å². The third kappa shape index (κ3) is 1.51. The van der Waals surface area contributed by atoms with Gasteiger partial charge in [-0.2, -0.15) is 0 Å². The average Bonchev–Trinajstić information content (AvgIpc) is 1.96. The number of aromatic carboxylic acids is 1. The van der Waals surface area contributed by atoms with Crippen LogP contribution in [0.15, 0.2) is 12.1 Å². The zero-order valence-corrected chi connectivity index (χ0v) is 7.09.